The molecule has 0 aromatic carbocycles. The fraction of sp³-hybridized carbons (Fsp3) is 0.692. The Hall–Kier alpha value is -1.41. The van der Waals surface area contributed by atoms with Crippen LogP contribution in [0.4, 0.5) is 19.1 Å². The lowest BCUT2D eigenvalue weighted by atomic mass is 10.2. The van der Waals surface area contributed by atoms with Crippen LogP contribution in [-0.4, -0.2) is 55.7 Å². The number of aromatic nitrogens is 2. The summed E-state index contributed by atoms with van der Waals surface area (Å²) < 4.78 is 47.5. The predicted octanol–water partition coefficient (Wildman–Crippen LogP) is 1.82. The number of aryl methyl sites for hydroxylation is 1. The summed E-state index contributed by atoms with van der Waals surface area (Å²) in [5, 5.41) is 0. The third-order valence-corrected chi connectivity index (χ3v) is 3.07. The Morgan fingerprint density at radius 2 is 2.19 bits per heavy atom. The lowest BCUT2D eigenvalue weighted by Crippen LogP contribution is -2.39. The first kappa shape index (κ1) is 16.0. The Balaban J connectivity index is 1.92. The first-order chi connectivity index (χ1) is 9.94. The van der Waals surface area contributed by atoms with Gasteiger partial charge in [-0.15, -0.1) is 0 Å². The average molecular weight is 305 g/mol. The van der Waals surface area contributed by atoms with Gasteiger partial charge in [0, 0.05) is 31.9 Å². The molecule has 1 aromatic heterocycles. The van der Waals surface area contributed by atoms with Crippen molar-refractivity contribution in [2.24, 2.45) is 0 Å². The largest absolute Gasteiger partial charge is 0.389 e. The van der Waals surface area contributed by atoms with Gasteiger partial charge in [-0.05, 0) is 12.5 Å². The number of alkyl halides is 3. The molecule has 118 valence electrons. The highest BCUT2D eigenvalue weighted by molar-refractivity contribution is 5.29. The highest BCUT2D eigenvalue weighted by atomic mass is 19.4. The molecule has 0 bridgehead atoms. The van der Waals surface area contributed by atoms with E-state index in [2.05, 4.69) is 9.97 Å². The van der Waals surface area contributed by atoms with Crippen LogP contribution in [-0.2, 0) is 15.9 Å². The van der Waals surface area contributed by atoms with Crippen molar-refractivity contribution in [3.05, 3.63) is 18.0 Å². The summed E-state index contributed by atoms with van der Waals surface area (Å²) in [6, 6.07) is 1.50. The van der Waals surface area contributed by atoms with Gasteiger partial charge in [0.05, 0.1) is 25.9 Å². The van der Waals surface area contributed by atoms with E-state index in [1.807, 2.05) is 0 Å². The average Bonchev–Trinajstić information content (AvgIpc) is 2.46. The molecule has 0 radical (unpaired) electrons. The molecule has 0 saturated carbocycles. The van der Waals surface area contributed by atoms with Gasteiger partial charge in [-0.1, -0.05) is 0 Å². The minimum atomic E-state index is -4.18. The number of anilines is 1. The van der Waals surface area contributed by atoms with E-state index in [4.69, 9.17) is 9.47 Å². The quantitative estimate of drug-likeness (QED) is 0.830. The zero-order valence-corrected chi connectivity index (χ0v) is 11.8. The standard InChI is InChI=1S/C13H18F3N3O2/c1-19(8-11-9-20-6-7-21-11)12-17-5-3-10(18-12)2-4-13(14,15)16/h3,5,11H,2,4,6-9H2,1H3/t11-/m0/s1. The Labute approximate surface area is 121 Å². The molecule has 1 atom stereocenters. The molecule has 0 N–H and O–H groups in total. The van der Waals surface area contributed by atoms with E-state index in [0.29, 0.717) is 38.0 Å². The number of ether oxygens (including phenoxy) is 2. The second-order valence-corrected chi connectivity index (χ2v) is 4.91. The molecular weight excluding hydrogens is 287 g/mol. The third kappa shape index (κ3) is 5.47. The maximum absolute atomic E-state index is 12.2. The fourth-order valence-corrected chi connectivity index (χ4v) is 2.01. The van der Waals surface area contributed by atoms with Crippen LogP contribution in [0.5, 0.6) is 0 Å². The van der Waals surface area contributed by atoms with Gasteiger partial charge in [0.25, 0.3) is 0 Å². The summed E-state index contributed by atoms with van der Waals surface area (Å²) in [7, 11) is 1.78. The molecule has 1 saturated heterocycles. The molecule has 1 aromatic rings. The Bertz CT molecular complexity index is 451. The highest BCUT2D eigenvalue weighted by Crippen LogP contribution is 2.21. The Morgan fingerprint density at radius 3 is 2.86 bits per heavy atom. The summed E-state index contributed by atoms with van der Waals surface area (Å²) in [6.45, 7) is 2.16. The smallest absolute Gasteiger partial charge is 0.376 e. The second kappa shape index (κ2) is 7.04. The van der Waals surface area contributed by atoms with Crippen LogP contribution in [0.15, 0.2) is 12.3 Å². The van der Waals surface area contributed by atoms with Gasteiger partial charge >= 0.3 is 6.18 Å². The molecule has 21 heavy (non-hydrogen) atoms. The van der Waals surface area contributed by atoms with Gasteiger partial charge in [-0.2, -0.15) is 13.2 Å². The summed E-state index contributed by atoms with van der Waals surface area (Å²) in [4.78, 5) is 10.0. The van der Waals surface area contributed by atoms with E-state index < -0.39 is 12.6 Å². The number of hydrogen-bond donors (Lipinski definition) is 0. The van der Waals surface area contributed by atoms with Gasteiger partial charge in [0.2, 0.25) is 5.95 Å². The van der Waals surface area contributed by atoms with E-state index in [1.54, 1.807) is 11.9 Å². The second-order valence-electron chi connectivity index (χ2n) is 4.91. The van der Waals surface area contributed by atoms with E-state index in [1.165, 1.54) is 12.3 Å². The molecule has 1 fully saturated rings. The van der Waals surface area contributed by atoms with Crippen molar-refractivity contribution in [1.82, 2.24) is 9.97 Å². The number of hydrogen-bond acceptors (Lipinski definition) is 5. The lowest BCUT2D eigenvalue weighted by Gasteiger charge is -2.27. The molecule has 8 heteroatoms. The first-order valence-electron chi connectivity index (χ1n) is 6.73. The van der Waals surface area contributed by atoms with Crippen molar-refractivity contribution in [3.63, 3.8) is 0 Å². The molecule has 2 rings (SSSR count). The zero-order valence-electron chi connectivity index (χ0n) is 11.8. The van der Waals surface area contributed by atoms with Crippen molar-refractivity contribution < 1.29 is 22.6 Å². The summed E-state index contributed by atoms with van der Waals surface area (Å²) in [6.07, 6.45) is -3.80. The molecule has 5 nitrogen and oxygen atoms in total. The van der Waals surface area contributed by atoms with Gasteiger partial charge in [0.15, 0.2) is 0 Å². The van der Waals surface area contributed by atoms with E-state index in [0.717, 1.165) is 0 Å². The van der Waals surface area contributed by atoms with Crippen LogP contribution >= 0.6 is 0 Å². The number of rotatable bonds is 5. The van der Waals surface area contributed by atoms with Crippen molar-refractivity contribution >= 4 is 5.95 Å². The Morgan fingerprint density at radius 1 is 1.38 bits per heavy atom. The number of nitrogens with zero attached hydrogens (tertiary/aromatic N) is 3. The highest BCUT2D eigenvalue weighted by Gasteiger charge is 2.27. The molecule has 0 amide bonds. The van der Waals surface area contributed by atoms with Crippen molar-refractivity contribution in [3.8, 4) is 0 Å². The molecular formula is C13H18F3N3O2. The number of likely N-dealkylation sites (N-methyl/N-ethyl adjacent to an activating group) is 1. The maximum atomic E-state index is 12.2. The van der Waals surface area contributed by atoms with Crippen LogP contribution in [0.2, 0.25) is 0 Å². The normalized spacial score (nSPS) is 19.5. The van der Waals surface area contributed by atoms with E-state index in [-0.39, 0.29) is 12.5 Å². The molecule has 1 aliphatic heterocycles. The van der Waals surface area contributed by atoms with Crippen molar-refractivity contribution in [2.45, 2.75) is 25.1 Å². The molecule has 0 aliphatic carbocycles. The van der Waals surface area contributed by atoms with Gasteiger partial charge in [-0.25, -0.2) is 9.97 Å². The first-order valence-corrected chi connectivity index (χ1v) is 6.73. The molecule has 0 unspecified atom stereocenters. The minimum Gasteiger partial charge on any atom is -0.376 e. The van der Waals surface area contributed by atoms with Gasteiger partial charge in [0.1, 0.15) is 0 Å². The van der Waals surface area contributed by atoms with E-state index >= 15 is 0 Å². The van der Waals surface area contributed by atoms with Crippen molar-refractivity contribution in [2.75, 3.05) is 38.3 Å². The monoisotopic (exact) mass is 305 g/mol. The summed E-state index contributed by atoms with van der Waals surface area (Å²) in [5.41, 5.74) is 0.380. The molecule has 0 spiro atoms. The maximum Gasteiger partial charge on any atom is 0.389 e. The van der Waals surface area contributed by atoms with Crippen LogP contribution in [0.3, 0.4) is 0 Å². The molecule has 2 heterocycles. The van der Waals surface area contributed by atoms with Crippen LogP contribution in [0, 0.1) is 0 Å². The lowest BCUT2D eigenvalue weighted by molar-refractivity contribution is -0.134. The zero-order chi connectivity index (χ0) is 15.3. The minimum absolute atomic E-state index is 0.0776. The van der Waals surface area contributed by atoms with Crippen LogP contribution in [0.25, 0.3) is 0 Å². The van der Waals surface area contributed by atoms with Crippen LogP contribution in [0.1, 0.15) is 12.1 Å². The fourth-order valence-electron chi connectivity index (χ4n) is 2.01. The number of halogens is 3. The topological polar surface area (TPSA) is 47.5 Å². The van der Waals surface area contributed by atoms with Gasteiger partial charge < -0.3 is 14.4 Å². The third-order valence-electron chi connectivity index (χ3n) is 3.07. The predicted molar refractivity (Wildman–Crippen MR) is 70.2 cm³/mol. The molecule has 1 aliphatic rings. The van der Waals surface area contributed by atoms with Gasteiger partial charge in [-0.3, -0.25) is 0 Å². The SMILES string of the molecule is CN(C[C@H]1COCCO1)c1nccc(CCC(F)(F)F)n1. The summed E-state index contributed by atoms with van der Waals surface area (Å²) >= 11 is 0. The van der Waals surface area contributed by atoms with Crippen molar-refractivity contribution in [1.29, 1.82) is 0 Å². The summed E-state index contributed by atoms with van der Waals surface area (Å²) in [5.74, 6) is 0.392. The van der Waals surface area contributed by atoms with Crippen LogP contribution < -0.4 is 4.90 Å². The Kier molecular flexibility index (Phi) is 5.35. The van der Waals surface area contributed by atoms with E-state index in [9.17, 15) is 13.2 Å².